The second-order valence-corrected chi connectivity index (χ2v) is 7.93. The standard InChI is InChI=1S/C18H26N4OS/c1-13(2)10-22-8-9-23-16(11-22)12-24-18-19-17(20-21-18)15-6-4-14(3)5-7-15/h4-7,13,16H,8-12H2,1-3H3,(H,19,20,21)/p+1/t16-/m0/s1. The van der Waals surface area contributed by atoms with Crippen LogP contribution in [0.1, 0.15) is 19.4 Å². The van der Waals surface area contributed by atoms with Crippen LogP contribution in [0.3, 0.4) is 0 Å². The number of aryl methyl sites for hydroxylation is 1. The average molecular weight is 348 g/mol. The molecule has 1 saturated heterocycles. The highest BCUT2D eigenvalue weighted by molar-refractivity contribution is 7.99. The number of aromatic amines is 1. The number of hydrogen-bond acceptors (Lipinski definition) is 4. The molecular weight excluding hydrogens is 320 g/mol. The van der Waals surface area contributed by atoms with Gasteiger partial charge in [0.15, 0.2) is 5.82 Å². The maximum atomic E-state index is 5.91. The molecule has 1 fully saturated rings. The zero-order valence-electron chi connectivity index (χ0n) is 14.7. The summed E-state index contributed by atoms with van der Waals surface area (Å²) in [4.78, 5) is 6.25. The van der Waals surface area contributed by atoms with E-state index in [0.717, 1.165) is 47.9 Å². The van der Waals surface area contributed by atoms with Crippen LogP contribution >= 0.6 is 11.8 Å². The first-order valence-corrected chi connectivity index (χ1v) is 9.66. The lowest BCUT2D eigenvalue weighted by atomic mass is 10.1. The summed E-state index contributed by atoms with van der Waals surface area (Å²) in [5.74, 6) is 2.47. The van der Waals surface area contributed by atoms with Crippen molar-refractivity contribution >= 4 is 11.8 Å². The van der Waals surface area contributed by atoms with E-state index in [1.165, 1.54) is 12.1 Å². The summed E-state index contributed by atoms with van der Waals surface area (Å²) in [5, 5.41) is 8.16. The van der Waals surface area contributed by atoms with E-state index in [1.54, 1.807) is 16.7 Å². The van der Waals surface area contributed by atoms with Crippen LogP contribution in [0.5, 0.6) is 0 Å². The van der Waals surface area contributed by atoms with Crippen molar-refractivity contribution in [1.82, 2.24) is 15.2 Å². The minimum atomic E-state index is 0.291. The number of nitrogens with zero attached hydrogens (tertiary/aromatic N) is 2. The lowest BCUT2D eigenvalue weighted by Gasteiger charge is -2.30. The van der Waals surface area contributed by atoms with Gasteiger partial charge in [0.2, 0.25) is 5.16 Å². The van der Waals surface area contributed by atoms with Crippen LogP contribution in [0.2, 0.25) is 0 Å². The fraction of sp³-hybridized carbons (Fsp3) is 0.556. The number of aromatic nitrogens is 3. The number of benzene rings is 1. The van der Waals surface area contributed by atoms with Crippen LogP contribution in [0, 0.1) is 12.8 Å². The molecule has 5 nitrogen and oxygen atoms in total. The molecule has 1 aliphatic rings. The fourth-order valence-electron chi connectivity index (χ4n) is 3.04. The normalized spacial score (nSPS) is 21.3. The van der Waals surface area contributed by atoms with Crippen LogP contribution in [-0.4, -0.2) is 53.3 Å². The Morgan fingerprint density at radius 2 is 2.12 bits per heavy atom. The Labute approximate surface area is 148 Å². The van der Waals surface area contributed by atoms with Crippen LogP contribution in [0.15, 0.2) is 29.4 Å². The summed E-state index contributed by atoms with van der Waals surface area (Å²) in [5.41, 5.74) is 2.32. The molecule has 24 heavy (non-hydrogen) atoms. The molecule has 130 valence electrons. The number of thioether (sulfide) groups is 1. The average Bonchev–Trinajstić information content (AvgIpc) is 3.02. The van der Waals surface area contributed by atoms with Crippen LogP contribution in [0.25, 0.3) is 11.4 Å². The van der Waals surface area contributed by atoms with Crippen molar-refractivity contribution in [3.8, 4) is 11.4 Å². The molecule has 0 radical (unpaired) electrons. The van der Waals surface area contributed by atoms with E-state index < -0.39 is 0 Å². The molecular formula is C18H27N4OS+. The van der Waals surface area contributed by atoms with Crippen molar-refractivity contribution in [2.24, 2.45) is 5.92 Å². The Hall–Kier alpha value is -1.37. The van der Waals surface area contributed by atoms with Gasteiger partial charge < -0.3 is 9.64 Å². The Morgan fingerprint density at radius 1 is 1.33 bits per heavy atom. The van der Waals surface area contributed by atoms with E-state index >= 15 is 0 Å². The molecule has 0 spiro atoms. The van der Waals surface area contributed by atoms with Crippen LogP contribution < -0.4 is 4.90 Å². The van der Waals surface area contributed by atoms with Gasteiger partial charge in [0.05, 0.1) is 13.2 Å². The van der Waals surface area contributed by atoms with E-state index in [9.17, 15) is 0 Å². The molecule has 2 heterocycles. The minimum Gasteiger partial charge on any atom is -0.366 e. The number of quaternary nitrogens is 1. The predicted molar refractivity (Wildman–Crippen MR) is 97.4 cm³/mol. The molecule has 0 aliphatic carbocycles. The Kier molecular flexibility index (Phi) is 5.92. The minimum absolute atomic E-state index is 0.291. The van der Waals surface area contributed by atoms with Gasteiger partial charge >= 0.3 is 0 Å². The van der Waals surface area contributed by atoms with Crippen molar-refractivity contribution in [2.45, 2.75) is 32.0 Å². The van der Waals surface area contributed by atoms with E-state index in [4.69, 9.17) is 4.74 Å². The van der Waals surface area contributed by atoms with Gasteiger partial charge in [-0.3, -0.25) is 5.10 Å². The quantitative estimate of drug-likeness (QED) is 0.783. The van der Waals surface area contributed by atoms with Gasteiger partial charge in [-0.2, -0.15) is 0 Å². The van der Waals surface area contributed by atoms with Crippen LogP contribution in [-0.2, 0) is 4.74 Å². The first-order valence-electron chi connectivity index (χ1n) is 8.67. The third-order valence-electron chi connectivity index (χ3n) is 4.21. The molecule has 0 bridgehead atoms. The largest absolute Gasteiger partial charge is 0.366 e. The molecule has 2 aromatic rings. The zero-order valence-corrected chi connectivity index (χ0v) is 15.5. The number of rotatable bonds is 6. The summed E-state index contributed by atoms with van der Waals surface area (Å²) >= 11 is 1.67. The number of H-pyrrole nitrogens is 1. The van der Waals surface area contributed by atoms with Gasteiger partial charge in [-0.1, -0.05) is 55.4 Å². The fourth-order valence-corrected chi connectivity index (χ4v) is 3.86. The monoisotopic (exact) mass is 347 g/mol. The van der Waals surface area contributed by atoms with E-state index in [2.05, 4.69) is 60.2 Å². The first kappa shape index (κ1) is 17.5. The lowest BCUT2D eigenvalue weighted by Crippen LogP contribution is -3.15. The molecule has 2 atom stereocenters. The van der Waals surface area contributed by atoms with Gasteiger partial charge in [-0.15, -0.1) is 5.10 Å². The van der Waals surface area contributed by atoms with Gasteiger partial charge in [-0.25, -0.2) is 4.98 Å². The molecule has 2 N–H and O–H groups in total. The molecule has 0 saturated carbocycles. The number of hydrogen-bond donors (Lipinski definition) is 2. The van der Waals surface area contributed by atoms with Gasteiger partial charge in [-0.05, 0) is 6.92 Å². The number of morpholine rings is 1. The van der Waals surface area contributed by atoms with Crippen molar-refractivity contribution in [3.63, 3.8) is 0 Å². The topological polar surface area (TPSA) is 55.2 Å². The van der Waals surface area contributed by atoms with E-state index in [1.807, 2.05) is 0 Å². The zero-order chi connectivity index (χ0) is 16.9. The highest BCUT2D eigenvalue weighted by Gasteiger charge is 2.24. The van der Waals surface area contributed by atoms with Crippen molar-refractivity contribution < 1.29 is 9.64 Å². The highest BCUT2D eigenvalue weighted by atomic mass is 32.2. The number of ether oxygens (including phenoxy) is 1. The molecule has 1 aromatic heterocycles. The van der Waals surface area contributed by atoms with Gasteiger partial charge in [0.25, 0.3) is 0 Å². The number of nitrogens with one attached hydrogen (secondary N) is 2. The molecule has 1 aliphatic heterocycles. The first-order chi connectivity index (χ1) is 11.6. The predicted octanol–water partition coefficient (Wildman–Crippen LogP) is 1.81. The highest BCUT2D eigenvalue weighted by Crippen LogP contribution is 2.20. The van der Waals surface area contributed by atoms with Crippen molar-refractivity contribution in [2.75, 3.05) is 32.0 Å². The van der Waals surface area contributed by atoms with E-state index in [-0.39, 0.29) is 0 Å². The molecule has 6 heteroatoms. The third kappa shape index (κ3) is 4.82. The maximum absolute atomic E-state index is 5.91. The third-order valence-corrected chi connectivity index (χ3v) is 5.19. The van der Waals surface area contributed by atoms with Crippen molar-refractivity contribution in [1.29, 1.82) is 0 Å². The van der Waals surface area contributed by atoms with E-state index in [0.29, 0.717) is 6.10 Å². The van der Waals surface area contributed by atoms with Gasteiger partial charge in [0.1, 0.15) is 19.2 Å². The van der Waals surface area contributed by atoms with Crippen molar-refractivity contribution in [3.05, 3.63) is 29.8 Å². The summed E-state index contributed by atoms with van der Waals surface area (Å²) < 4.78 is 5.91. The molecule has 0 amide bonds. The molecule has 1 unspecified atom stereocenters. The Morgan fingerprint density at radius 3 is 2.88 bits per heavy atom. The van der Waals surface area contributed by atoms with Crippen LogP contribution in [0.4, 0.5) is 0 Å². The molecule has 3 rings (SSSR count). The second kappa shape index (κ2) is 8.14. The summed E-state index contributed by atoms with van der Waals surface area (Å²) in [6.45, 7) is 10.9. The Bertz CT molecular complexity index is 641. The van der Waals surface area contributed by atoms with Gasteiger partial charge in [0, 0.05) is 17.2 Å². The Balaban J connectivity index is 1.53. The lowest BCUT2D eigenvalue weighted by molar-refractivity contribution is -0.914. The smallest absolute Gasteiger partial charge is 0.208 e. The molecule has 1 aromatic carbocycles. The summed E-state index contributed by atoms with van der Waals surface area (Å²) in [6.07, 6.45) is 0.291. The summed E-state index contributed by atoms with van der Waals surface area (Å²) in [6, 6.07) is 8.32. The summed E-state index contributed by atoms with van der Waals surface area (Å²) in [7, 11) is 0. The maximum Gasteiger partial charge on any atom is 0.208 e. The SMILES string of the molecule is Cc1ccc(-c2nc(SC[C@@H]3C[NH+](CC(C)C)CCO3)n[nH]2)cc1. The second-order valence-electron chi connectivity index (χ2n) is 6.94.